The van der Waals surface area contributed by atoms with Crippen LogP contribution in [0.1, 0.15) is 31.8 Å². The van der Waals surface area contributed by atoms with Crippen LogP contribution in [0.5, 0.6) is 11.5 Å². The Morgan fingerprint density at radius 3 is 1.43 bits per heavy atom. The predicted molar refractivity (Wildman–Crippen MR) is 101 cm³/mol. The zero-order valence-corrected chi connectivity index (χ0v) is 23.2. The number of para-hydroxylation sites is 2. The molecule has 0 atom stereocenters. The Morgan fingerprint density at radius 1 is 0.633 bits per heavy atom. The number of amides is 2. The Kier molecular flexibility index (Phi) is 12.6. The first-order valence-corrected chi connectivity index (χ1v) is 8.71. The van der Waals surface area contributed by atoms with Crippen LogP contribution in [0.4, 0.5) is 0 Å². The van der Waals surface area contributed by atoms with Crippen LogP contribution < -0.4 is 124 Å². The fourth-order valence-corrected chi connectivity index (χ4v) is 2.71. The molecule has 0 spiro atoms. The van der Waals surface area contributed by atoms with Crippen molar-refractivity contribution in [3.63, 3.8) is 0 Å². The molecule has 0 bridgehead atoms. The summed E-state index contributed by atoms with van der Waals surface area (Å²) in [6.07, 6.45) is 0. The summed E-state index contributed by atoms with van der Waals surface area (Å²) < 4.78 is 0. The van der Waals surface area contributed by atoms with Crippen molar-refractivity contribution < 1.29 is 123 Å². The van der Waals surface area contributed by atoms with Gasteiger partial charge in [-0.05, 0) is 11.1 Å². The van der Waals surface area contributed by atoms with E-state index in [1.807, 2.05) is 24.3 Å². The molecule has 142 valence electrons. The van der Waals surface area contributed by atoms with Crippen LogP contribution in [0.2, 0.25) is 0 Å². The molecule has 2 amide bonds. The molecule has 0 aliphatic heterocycles. The average molecular weight is 453 g/mol. The van der Waals surface area contributed by atoms with Gasteiger partial charge in [-0.2, -0.15) is 0 Å². The van der Waals surface area contributed by atoms with Gasteiger partial charge in [0.05, 0.1) is 0 Å². The monoisotopic (exact) mass is 452 g/mol. The van der Waals surface area contributed by atoms with E-state index in [1.54, 1.807) is 24.3 Å². The number of hydrogen-bond donors (Lipinski definition) is 2. The van der Waals surface area contributed by atoms with Crippen LogP contribution in [0, 0.1) is 0 Å². The second-order valence-corrected chi connectivity index (χ2v) is 6.18. The van der Waals surface area contributed by atoms with Crippen LogP contribution in [-0.2, 0) is 13.1 Å². The molecule has 0 aromatic heterocycles. The van der Waals surface area contributed by atoms with Crippen molar-refractivity contribution in [1.29, 1.82) is 0 Å². The van der Waals surface area contributed by atoms with Gasteiger partial charge >= 0.3 is 103 Å². The molecule has 3 rings (SSSR count). The molecule has 2 N–H and O–H groups in total. The van der Waals surface area contributed by atoms with Gasteiger partial charge in [-0.3, -0.25) is 9.59 Å². The van der Waals surface area contributed by atoms with Crippen molar-refractivity contribution in [2.24, 2.45) is 0 Å². The minimum Gasteiger partial charge on any atom is -0.872 e. The molecular weight excluding hydrogens is 434 g/mol. The molecule has 0 heterocycles. The van der Waals surface area contributed by atoms with Crippen LogP contribution in [-0.4, -0.2) is 11.8 Å². The van der Waals surface area contributed by atoms with Gasteiger partial charge in [0.15, 0.2) is 0 Å². The zero-order chi connectivity index (χ0) is 19.9. The van der Waals surface area contributed by atoms with Crippen molar-refractivity contribution in [1.82, 2.24) is 10.6 Å². The van der Waals surface area contributed by atoms with Crippen LogP contribution in [0.25, 0.3) is 0 Å². The van der Waals surface area contributed by atoms with Gasteiger partial charge < -0.3 is 20.8 Å². The number of nitrogens with one attached hydrogen (secondary N) is 2. The third kappa shape index (κ3) is 7.87. The second kappa shape index (κ2) is 13.8. The van der Waals surface area contributed by atoms with Gasteiger partial charge in [-0.25, -0.2) is 0 Å². The molecule has 0 aliphatic carbocycles. The van der Waals surface area contributed by atoms with Crippen molar-refractivity contribution >= 4 is 11.8 Å². The van der Waals surface area contributed by atoms with E-state index < -0.39 is 11.8 Å². The number of carbonyl (C=O) groups excluding carboxylic acids is 2. The molecule has 0 unspecified atom stereocenters. The van der Waals surface area contributed by atoms with E-state index in [9.17, 15) is 19.8 Å². The zero-order valence-electron chi connectivity index (χ0n) is 17.0. The first-order chi connectivity index (χ1) is 13.5. The Hall–Kier alpha value is -0.527. The summed E-state index contributed by atoms with van der Waals surface area (Å²) in [7, 11) is 0. The summed E-state index contributed by atoms with van der Waals surface area (Å²) >= 11 is 0. The molecule has 0 aliphatic rings. The average Bonchev–Trinajstić information content (AvgIpc) is 2.71. The fraction of sp³-hybridized carbons (Fsp3) is 0.0909. The largest absolute Gasteiger partial charge is 1.00 e. The Bertz CT molecular complexity index is 935. The normalized spacial score (nSPS) is 9.60. The van der Waals surface area contributed by atoms with Gasteiger partial charge in [0.2, 0.25) is 0 Å². The molecule has 8 heteroatoms. The maximum atomic E-state index is 12.1. The van der Waals surface area contributed by atoms with Gasteiger partial charge in [0, 0.05) is 24.2 Å². The van der Waals surface area contributed by atoms with E-state index in [-0.39, 0.29) is 138 Å². The first kappa shape index (κ1) is 27.5. The number of carbonyl (C=O) groups is 2. The van der Waals surface area contributed by atoms with E-state index in [0.29, 0.717) is 0 Å². The van der Waals surface area contributed by atoms with E-state index in [1.165, 1.54) is 24.3 Å². The van der Waals surface area contributed by atoms with Crippen molar-refractivity contribution in [3.8, 4) is 11.5 Å². The minimum absolute atomic E-state index is 0. The van der Waals surface area contributed by atoms with E-state index in [2.05, 4.69) is 10.6 Å². The van der Waals surface area contributed by atoms with E-state index in [4.69, 9.17) is 0 Å². The maximum absolute atomic E-state index is 12.1. The summed E-state index contributed by atoms with van der Waals surface area (Å²) in [6.45, 7) is 0.497. The Morgan fingerprint density at radius 2 is 1.03 bits per heavy atom. The topological polar surface area (TPSA) is 104 Å². The van der Waals surface area contributed by atoms with E-state index >= 15 is 0 Å². The van der Waals surface area contributed by atoms with Crippen molar-refractivity contribution in [2.45, 2.75) is 13.1 Å². The Labute approximate surface area is 260 Å². The maximum Gasteiger partial charge on any atom is 1.00 e. The third-order valence-electron chi connectivity index (χ3n) is 4.16. The molecule has 30 heavy (non-hydrogen) atoms. The molecular formula is C22H18K2N2O4. The smallest absolute Gasteiger partial charge is 0.872 e. The Balaban J connectivity index is 0.00000225. The SMILES string of the molecule is O=C(NCc1cccc(CNC(=O)c2ccccc2[O-])c1)c1ccccc1[O-].[K+].[K+]. The van der Waals surface area contributed by atoms with Gasteiger partial charge in [0.1, 0.15) is 0 Å². The quantitative estimate of drug-likeness (QED) is 0.369. The fourth-order valence-electron chi connectivity index (χ4n) is 2.71. The summed E-state index contributed by atoms with van der Waals surface area (Å²) in [5, 5.41) is 28.8. The van der Waals surface area contributed by atoms with Crippen LogP contribution >= 0.6 is 0 Å². The molecule has 0 fully saturated rings. The van der Waals surface area contributed by atoms with Crippen molar-refractivity contribution in [2.75, 3.05) is 0 Å². The van der Waals surface area contributed by atoms with Gasteiger partial charge in [0.25, 0.3) is 11.8 Å². The predicted octanol–water partition coefficient (Wildman–Crippen LogP) is -4.30. The molecule has 0 saturated carbocycles. The summed E-state index contributed by atoms with van der Waals surface area (Å²) in [4.78, 5) is 24.3. The summed E-state index contributed by atoms with van der Waals surface area (Å²) in [6, 6.07) is 19.4. The number of rotatable bonds is 6. The van der Waals surface area contributed by atoms with Gasteiger partial charge in [-0.15, -0.1) is 0 Å². The van der Waals surface area contributed by atoms with Crippen molar-refractivity contribution in [3.05, 3.63) is 95.1 Å². The standard InChI is InChI=1S/C22H20N2O4.2K/c25-19-10-3-1-8-17(19)21(27)23-13-15-6-5-7-16(12-15)14-24-22(28)18-9-2-4-11-20(18)26;;/h1-12,25-26H,13-14H2,(H,23,27)(H,24,28);;/q;2*+1/p-2. The van der Waals surface area contributed by atoms with E-state index in [0.717, 1.165) is 11.1 Å². The minimum atomic E-state index is -0.434. The van der Waals surface area contributed by atoms with Crippen LogP contribution in [0.3, 0.4) is 0 Å². The number of hydrogen-bond acceptors (Lipinski definition) is 4. The molecule has 3 aromatic carbocycles. The second-order valence-electron chi connectivity index (χ2n) is 6.18. The van der Waals surface area contributed by atoms with Crippen LogP contribution in [0.15, 0.2) is 72.8 Å². The van der Waals surface area contributed by atoms with Gasteiger partial charge in [-0.1, -0.05) is 84.3 Å². The molecule has 6 nitrogen and oxygen atoms in total. The number of benzene rings is 3. The first-order valence-electron chi connectivity index (χ1n) is 8.71. The molecule has 0 radical (unpaired) electrons. The molecule has 0 saturated heterocycles. The third-order valence-corrected chi connectivity index (χ3v) is 4.16. The molecule has 3 aromatic rings. The summed E-state index contributed by atoms with van der Waals surface area (Å²) in [5.74, 6) is -1.52. The summed E-state index contributed by atoms with van der Waals surface area (Å²) in [5.41, 5.74) is 1.85.